The Kier molecular flexibility index (Phi) is 3.10. The Balaban J connectivity index is 1.89. The molecule has 2 fully saturated rings. The summed E-state index contributed by atoms with van der Waals surface area (Å²) in [6.07, 6.45) is 12.9. The first-order valence-corrected chi connectivity index (χ1v) is 5.74. The van der Waals surface area contributed by atoms with Gasteiger partial charge in [-0.1, -0.05) is 6.42 Å². The predicted molar refractivity (Wildman–Crippen MR) is 58.1 cm³/mol. The minimum Gasteiger partial charge on any atom is -0.271 e. The molecule has 0 saturated heterocycles. The Morgan fingerprint density at radius 1 is 1.43 bits per heavy atom. The quantitative estimate of drug-likeness (QED) is 0.404. The summed E-state index contributed by atoms with van der Waals surface area (Å²) in [5.41, 5.74) is 2.97. The molecule has 2 saturated carbocycles. The lowest BCUT2D eigenvalue weighted by Gasteiger charge is -2.29. The second-order valence-electron chi connectivity index (χ2n) is 4.85. The second-order valence-corrected chi connectivity index (χ2v) is 4.85. The summed E-state index contributed by atoms with van der Waals surface area (Å²) >= 11 is 0. The van der Waals surface area contributed by atoms with Crippen molar-refractivity contribution in [1.82, 2.24) is 5.43 Å². The molecule has 2 aliphatic rings. The maximum atomic E-state index is 5.61. The van der Waals surface area contributed by atoms with Gasteiger partial charge in [0.2, 0.25) is 0 Å². The summed E-state index contributed by atoms with van der Waals surface area (Å²) in [5.74, 6) is 11.0. The van der Waals surface area contributed by atoms with Gasteiger partial charge in [-0.25, -0.2) is 0 Å². The van der Waals surface area contributed by atoms with Crippen LogP contribution in [0.5, 0.6) is 0 Å². The van der Waals surface area contributed by atoms with Gasteiger partial charge in [0.25, 0.3) is 0 Å². The first-order chi connectivity index (χ1) is 6.85. The van der Waals surface area contributed by atoms with E-state index in [0.29, 0.717) is 6.04 Å². The van der Waals surface area contributed by atoms with Crippen molar-refractivity contribution < 1.29 is 0 Å². The van der Waals surface area contributed by atoms with E-state index in [-0.39, 0.29) is 0 Å². The number of terminal acetylenes is 1. The number of nitrogens with two attached hydrogens (primary N) is 1. The van der Waals surface area contributed by atoms with Crippen molar-refractivity contribution in [3.8, 4) is 12.3 Å². The van der Waals surface area contributed by atoms with Crippen molar-refractivity contribution in [2.45, 2.75) is 44.6 Å². The summed E-state index contributed by atoms with van der Waals surface area (Å²) < 4.78 is 0. The summed E-state index contributed by atoms with van der Waals surface area (Å²) in [6, 6.07) is 0.460. The number of hydrazine groups is 1. The molecular formula is C12H20N2. The van der Waals surface area contributed by atoms with Gasteiger partial charge < -0.3 is 0 Å². The van der Waals surface area contributed by atoms with Crippen molar-refractivity contribution in [2.24, 2.45) is 23.6 Å². The maximum Gasteiger partial charge on any atom is 0.0250 e. The van der Waals surface area contributed by atoms with E-state index < -0.39 is 0 Å². The topological polar surface area (TPSA) is 38.0 Å². The van der Waals surface area contributed by atoms with Crippen LogP contribution in [-0.4, -0.2) is 6.04 Å². The van der Waals surface area contributed by atoms with Gasteiger partial charge >= 0.3 is 0 Å². The van der Waals surface area contributed by atoms with Crippen molar-refractivity contribution in [1.29, 1.82) is 0 Å². The lowest BCUT2D eigenvalue weighted by atomic mass is 9.82. The molecule has 0 aromatic carbocycles. The first-order valence-electron chi connectivity index (χ1n) is 5.74. The highest BCUT2D eigenvalue weighted by molar-refractivity contribution is 4.96. The number of rotatable bonds is 4. The molecule has 2 bridgehead atoms. The van der Waals surface area contributed by atoms with Crippen LogP contribution in [0, 0.1) is 30.1 Å². The van der Waals surface area contributed by atoms with Crippen molar-refractivity contribution in [2.75, 3.05) is 0 Å². The third kappa shape index (κ3) is 1.80. The fourth-order valence-electron chi connectivity index (χ4n) is 3.45. The molecule has 3 N–H and O–H groups in total. The predicted octanol–water partition coefficient (Wildman–Crippen LogP) is 1.67. The van der Waals surface area contributed by atoms with E-state index in [2.05, 4.69) is 11.3 Å². The number of hydrogen-bond acceptors (Lipinski definition) is 2. The molecule has 2 aliphatic carbocycles. The van der Waals surface area contributed by atoms with Gasteiger partial charge in [0.05, 0.1) is 0 Å². The van der Waals surface area contributed by atoms with E-state index in [1.54, 1.807) is 0 Å². The highest BCUT2D eigenvalue weighted by atomic mass is 15.2. The number of nitrogens with one attached hydrogen (secondary N) is 1. The molecule has 2 nitrogen and oxygen atoms in total. The normalized spacial score (nSPS) is 37.0. The molecule has 0 aliphatic heterocycles. The van der Waals surface area contributed by atoms with E-state index in [9.17, 15) is 0 Å². The van der Waals surface area contributed by atoms with Crippen LogP contribution in [0.25, 0.3) is 0 Å². The molecule has 0 aromatic rings. The van der Waals surface area contributed by atoms with Crippen LogP contribution >= 0.6 is 0 Å². The molecule has 4 atom stereocenters. The summed E-state index contributed by atoms with van der Waals surface area (Å²) in [4.78, 5) is 0. The average Bonchev–Trinajstić information content (AvgIpc) is 2.80. The second kappa shape index (κ2) is 4.33. The van der Waals surface area contributed by atoms with Crippen LogP contribution in [-0.2, 0) is 0 Å². The van der Waals surface area contributed by atoms with Crippen molar-refractivity contribution in [3.05, 3.63) is 0 Å². The lowest BCUT2D eigenvalue weighted by molar-refractivity contribution is 0.241. The fraction of sp³-hybridized carbons (Fsp3) is 0.833. The minimum atomic E-state index is 0.460. The van der Waals surface area contributed by atoms with Gasteiger partial charge in [0.15, 0.2) is 0 Å². The molecule has 0 spiro atoms. The standard InChI is InChI=1S/C12H20N2/c1-2-3-4-12(14-13)11-8-9-5-6-10(11)7-9/h1,9-12,14H,3-8,13H2. The largest absolute Gasteiger partial charge is 0.271 e. The summed E-state index contributed by atoms with van der Waals surface area (Å²) in [6.45, 7) is 0. The molecule has 2 heteroatoms. The van der Waals surface area contributed by atoms with Crippen LogP contribution in [0.3, 0.4) is 0 Å². The van der Waals surface area contributed by atoms with Crippen LogP contribution in [0.4, 0.5) is 0 Å². The van der Waals surface area contributed by atoms with Crippen LogP contribution in [0.2, 0.25) is 0 Å². The smallest absolute Gasteiger partial charge is 0.0250 e. The number of hydrogen-bond donors (Lipinski definition) is 2. The molecular weight excluding hydrogens is 172 g/mol. The third-order valence-electron chi connectivity index (χ3n) is 4.12. The van der Waals surface area contributed by atoms with Gasteiger partial charge in [-0.05, 0) is 43.4 Å². The minimum absolute atomic E-state index is 0.460. The van der Waals surface area contributed by atoms with E-state index in [4.69, 9.17) is 12.3 Å². The van der Waals surface area contributed by atoms with E-state index in [1.165, 1.54) is 25.7 Å². The van der Waals surface area contributed by atoms with E-state index >= 15 is 0 Å². The van der Waals surface area contributed by atoms with E-state index in [1.807, 2.05) is 0 Å². The highest BCUT2D eigenvalue weighted by Crippen LogP contribution is 2.49. The van der Waals surface area contributed by atoms with Gasteiger partial charge in [-0.2, -0.15) is 0 Å². The first kappa shape index (κ1) is 10.0. The molecule has 14 heavy (non-hydrogen) atoms. The Labute approximate surface area is 86.6 Å². The summed E-state index contributed by atoms with van der Waals surface area (Å²) in [5, 5.41) is 0. The van der Waals surface area contributed by atoms with Crippen molar-refractivity contribution >= 4 is 0 Å². The Bertz CT molecular complexity index is 231. The monoisotopic (exact) mass is 192 g/mol. The zero-order chi connectivity index (χ0) is 9.97. The Morgan fingerprint density at radius 2 is 2.29 bits per heavy atom. The average molecular weight is 192 g/mol. The Hall–Kier alpha value is -0.520. The highest BCUT2D eigenvalue weighted by Gasteiger charge is 2.42. The fourth-order valence-corrected chi connectivity index (χ4v) is 3.45. The van der Waals surface area contributed by atoms with Crippen molar-refractivity contribution in [3.63, 3.8) is 0 Å². The maximum absolute atomic E-state index is 5.61. The molecule has 0 amide bonds. The third-order valence-corrected chi connectivity index (χ3v) is 4.12. The zero-order valence-corrected chi connectivity index (χ0v) is 8.71. The van der Waals surface area contributed by atoms with Gasteiger partial charge in [0.1, 0.15) is 0 Å². The molecule has 78 valence electrons. The van der Waals surface area contributed by atoms with Crippen LogP contribution < -0.4 is 11.3 Å². The Morgan fingerprint density at radius 3 is 2.79 bits per heavy atom. The van der Waals surface area contributed by atoms with Gasteiger partial charge in [-0.15, -0.1) is 12.3 Å². The number of fused-ring (bicyclic) bond motifs is 2. The van der Waals surface area contributed by atoms with Gasteiger partial charge in [-0.3, -0.25) is 11.3 Å². The summed E-state index contributed by atoms with van der Waals surface area (Å²) in [7, 11) is 0. The SMILES string of the molecule is C#CCCC(NN)C1CC2CCC1C2. The molecule has 2 rings (SSSR count). The zero-order valence-electron chi connectivity index (χ0n) is 8.71. The van der Waals surface area contributed by atoms with Crippen LogP contribution in [0.15, 0.2) is 0 Å². The molecule has 4 unspecified atom stereocenters. The lowest BCUT2D eigenvalue weighted by Crippen LogP contribution is -2.42. The molecule has 0 radical (unpaired) electrons. The molecule has 0 heterocycles. The van der Waals surface area contributed by atoms with Gasteiger partial charge in [0, 0.05) is 12.5 Å². The molecule has 0 aromatic heterocycles. The van der Waals surface area contributed by atoms with E-state index in [0.717, 1.165) is 30.6 Å². The van der Waals surface area contributed by atoms with Crippen LogP contribution in [0.1, 0.15) is 38.5 Å².